The molecule has 0 bridgehead atoms. The lowest BCUT2D eigenvalue weighted by Gasteiger charge is -2.20. The molecule has 0 aliphatic heterocycles. The molecule has 6 nitrogen and oxygen atoms in total. The number of hydrogen-bond donors (Lipinski definition) is 0. The number of rotatable bonds is 21. The molecule has 262 valence electrons. The summed E-state index contributed by atoms with van der Waals surface area (Å²) >= 11 is 0. The molecule has 0 amide bonds. The first kappa shape index (κ1) is 38.5. The quantitative estimate of drug-likeness (QED) is 0.0485. The lowest BCUT2D eigenvalue weighted by atomic mass is 10.0. The molecule has 3 rings (SSSR count). The molecule has 10 heteroatoms. The monoisotopic (exact) mass is 674 g/mol. The number of alkyl halides is 3. The van der Waals surface area contributed by atoms with Crippen molar-refractivity contribution in [3.8, 4) is 22.6 Å². The van der Waals surface area contributed by atoms with Gasteiger partial charge in [0.25, 0.3) is 0 Å². The molecule has 0 aromatic heterocycles. The molecular weight excluding hydrogens is 628 g/mol. The number of carbonyl (C=O) groups excluding carboxylic acids is 2. The lowest BCUT2D eigenvalue weighted by Crippen LogP contribution is -2.34. The van der Waals surface area contributed by atoms with Crippen molar-refractivity contribution in [2.45, 2.75) is 96.8 Å². The first-order valence-electron chi connectivity index (χ1n) is 16.8. The molecule has 1 atom stereocenters. The average molecular weight is 675 g/mol. The van der Waals surface area contributed by atoms with Crippen LogP contribution in [0.15, 0.2) is 66.7 Å². The molecule has 0 fully saturated rings. The van der Waals surface area contributed by atoms with Crippen molar-refractivity contribution in [3.05, 3.63) is 83.7 Å². The minimum atomic E-state index is -4.80. The molecule has 0 spiro atoms. The molecule has 3 aromatic carbocycles. The van der Waals surface area contributed by atoms with E-state index in [4.69, 9.17) is 14.2 Å². The third-order valence-electron chi connectivity index (χ3n) is 7.71. The van der Waals surface area contributed by atoms with E-state index >= 15 is 0 Å². The van der Waals surface area contributed by atoms with Crippen molar-refractivity contribution in [2.24, 2.45) is 0 Å². The van der Waals surface area contributed by atoms with Crippen molar-refractivity contribution >= 4 is 11.9 Å². The minimum absolute atomic E-state index is 0.0338. The summed E-state index contributed by atoms with van der Waals surface area (Å²) in [4.78, 5) is 25.1. The molecular formula is C38H46F4O6. The Morgan fingerprint density at radius 3 is 1.88 bits per heavy atom. The molecule has 0 saturated heterocycles. The van der Waals surface area contributed by atoms with Gasteiger partial charge in [0, 0.05) is 13.2 Å². The number of benzene rings is 3. The van der Waals surface area contributed by atoms with Gasteiger partial charge in [-0.25, -0.2) is 14.0 Å². The maximum absolute atomic E-state index is 14.8. The Labute approximate surface area is 280 Å². The number of halogens is 4. The molecule has 0 aliphatic carbocycles. The summed E-state index contributed by atoms with van der Waals surface area (Å²) < 4.78 is 76.1. The maximum atomic E-state index is 14.8. The fraction of sp³-hybridized carbons (Fsp3) is 0.474. The van der Waals surface area contributed by atoms with E-state index in [0.717, 1.165) is 54.7 Å². The molecule has 0 heterocycles. The average Bonchev–Trinajstić information content (AvgIpc) is 3.07. The van der Waals surface area contributed by atoms with Crippen LogP contribution in [0.5, 0.6) is 11.5 Å². The Morgan fingerprint density at radius 1 is 0.667 bits per heavy atom. The van der Waals surface area contributed by atoms with E-state index in [1.165, 1.54) is 32.1 Å². The third kappa shape index (κ3) is 13.3. The van der Waals surface area contributed by atoms with Crippen LogP contribution in [0.25, 0.3) is 11.1 Å². The third-order valence-corrected chi connectivity index (χ3v) is 7.71. The predicted octanol–water partition coefficient (Wildman–Crippen LogP) is 10.5. The van der Waals surface area contributed by atoms with E-state index in [1.54, 1.807) is 24.3 Å². The number of esters is 2. The van der Waals surface area contributed by atoms with Gasteiger partial charge < -0.3 is 18.9 Å². The van der Waals surface area contributed by atoms with Gasteiger partial charge in [-0.3, -0.25) is 0 Å². The Balaban J connectivity index is 1.49. The zero-order chi connectivity index (χ0) is 34.8. The van der Waals surface area contributed by atoms with Crippen LogP contribution in [0.1, 0.15) is 105 Å². The van der Waals surface area contributed by atoms with Crippen LogP contribution in [-0.4, -0.2) is 44.0 Å². The molecule has 48 heavy (non-hydrogen) atoms. The minimum Gasteiger partial charge on any atom is -0.494 e. The number of ether oxygens (including phenoxy) is 4. The first-order chi connectivity index (χ1) is 23.1. The zero-order valence-electron chi connectivity index (χ0n) is 27.8. The standard InChI is InChI=1S/C38H46F4O6/c1-3-5-7-8-9-10-11-26-46-32-21-18-29(19-22-32)28-14-16-30(17-15-28)36(43)47-34-23-20-31(27-33(34)39)37(44)48-35(38(40,41)42)13-12-25-45-24-6-4-2/h14-23,27,35H,3-13,24-26H2,1-2H3. The van der Waals surface area contributed by atoms with E-state index in [-0.39, 0.29) is 18.6 Å². The summed E-state index contributed by atoms with van der Waals surface area (Å²) in [5, 5.41) is 0. The molecule has 0 saturated carbocycles. The second-order valence-electron chi connectivity index (χ2n) is 11.6. The number of carbonyl (C=O) groups is 2. The summed E-state index contributed by atoms with van der Waals surface area (Å²) in [6.07, 6.45) is 2.59. The summed E-state index contributed by atoms with van der Waals surface area (Å²) in [6.45, 7) is 5.39. The Bertz CT molecular complexity index is 1390. The van der Waals surface area contributed by atoms with Crippen LogP contribution >= 0.6 is 0 Å². The van der Waals surface area contributed by atoms with Crippen molar-refractivity contribution in [1.82, 2.24) is 0 Å². The van der Waals surface area contributed by atoms with Gasteiger partial charge >= 0.3 is 18.1 Å². The van der Waals surface area contributed by atoms with Gasteiger partial charge in [0.15, 0.2) is 17.7 Å². The van der Waals surface area contributed by atoms with Crippen LogP contribution in [0.3, 0.4) is 0 Å². The highest BCUT2D eigenvalue weighted by atomic mass is 19.4. The van der Waals surface area contributed by atoms with Crippen LogP contribution < -0.4 is 9.47 Å². The SMILES string of the molecule is CCCCCCCCCOc1ccc(-c2ccc(C(=O)Oc3ccc(C(=O)OC(CCCOCCCC)C(F)(F)F)cc3F)cc2)cc1. The van der Waals surface area contributed by atoms with Crippen LogP contribution in [-0.2, 0) is 9.47 Å². The zero-order valence-corrected chi connectivity index (χ0v) is 27.8. The summed E-state index contributed by atoms with van der Waals surface area (Å²) in [5.41, 5.74) is 1.47. The highest BCUT2D eigenvalue weighted by molar-refractivity contribution is 5.92. The molecule has 3 aromatic rings. The second-order valence-corrected chi connectivity index (χ2v) is 11.6. The van der Waals surface area contributed by atoms with Crippen molar-refractivity contribution in [2.75, 3.05) is 19.8 Å². The molecule has 1 unspecified atom stereocenters. The fourth-order valence-corrected chi connectivity index (χ4v) is 4.87. The van der Waals surface area contributed by atoms with Gasteiger partial charge in [-0.15, -0.1) is 0 Å². The normalized spacial score (nSPS) is 12.0. The Kier molecular flexibility index (Phi) is 16.4. The van der Waals surface area contributed by atoms with E-state index in [2.05, 4.69) is 11.7 Å². The van der Waals surface area contributed by atoms with Gasteiger partial charge in [0.05, 0.1) is 17.7 Å². The summed E-state index contributed by atoms with van der Waals surface area (Å²) in [6, 6.07) is 16.9. The van der Waals surface area contributed by atoms with E-state index in [9.17, 15) is 27.2 Å². The van der Waals surface area contributed by atoms with E-state index < -0.39 is 47.8 Å². The molecule has 0 radical (unpaired) electrons. The number of unbranched alkanes of at least 4 members (excludes halogenated alkanes) is 7. The van der Waals surface area contributed by atoms with Gasteiger partial charge in [-0.05, 0) is 79.3 Å². The lowest BCUT2D eigenvalue weighted by molar-refractivity contribution is -0.206. The predicted molar refractivity (Wildman–Crippen MR) is 177 cm³/mol. The van der Waals surface area contributed by atoms with Gasteiger partial charge in [0.2, 0.25) is 0 Å². The highest BCUT2D eigenvalue weighted by Crippen LogP contribution is 2.29. The van der Waals surface area contributed by atoms with Crippen molar-refractivity contribution in [1.29, 1.82) is 0 Å². The van der Waals surface area contributed by atoms with Gasteiger partial charge in [-0.2, -0.15) is 13.2 Å². The summed E-state index contributed by atoms with van der Waals surface area (Å²) in [5.74, 6) is -2.98. The fourth-order valence-electron chi connectivity index (χ4n) is 4.87. The largest absolute Gasteiger partial charge is 0.494 e. The van der Waals surface area contributed by atoms with Crippen LogP contribution in [0.2, 0.25) is 0 Å². The van der Waals surface area contributed by atoms with Crippen LogP contribution in [0, 0.1) is 5.82 Å². The van der Waals surface area contributed by atoms with Gasteiger partial charge in [-0.1, -0.05) is 83.1 Å². The summed E-state index contributed by atoms with van der Waals surface area (Å²) in [7, 11) is 0. The Hall–Kier alpha value is -3.92. The Morgan fingerprint density at radius 2 is 1.25 bits per heavy atom. The molecule has 0 aliphatic rings. The van der Waals surface area contributed by atoms with Crippen molar-refractivity contribution in [3.63, 3.8) is 0 Å². The smallest absolute Gasteiger partial charge is 0.425 e. The van der Waals surface area contributed by atoms with E-state index in [0.29, 0.717) is 19.3 Å². The second kappa shape index (κ2) is 20.4. The highest BCUT2D eigenvalue weighted by Gasteiger charge is 2.42. The number of hydrogen-bond acceptors (Lipinski definition) is 6. The topological polar surface area (TPSA) is 71.1 Å². The first-order valence-corrected chi connectivity index (χ1v) is 16.8. The van der Waals surface area contributed by atoms with Crippen LogP contribution in [0.4, 0.5) is 17.6 Å². The van der Waals surface area contributed by atoms with Crippen molar-refractivity contribution < 1.29 is 46.1 Å². The van der Waals surface area contributed by atoms with Gasteiger partial charge in [0.1, 0.15) is 5.75 Å². The maximum Gasteiger partial charge on any atom is 0.425 e. The molecule has 0 N–H and O–H groups in total. The van der Waals surface area contributed by atoms with E-state index in [1.807, 2.05) is 31.2 Å².